The van der Waals surface area contributed by atoms with E-state index in [0.29, 0.717) is 22.0 Å². The van der Waals surface area contributed by atoms with Crippen molar-refractivity contribution in [3.05, 3.63) is 45.7 Å². The van der Waals surface area contributed by atoms with Crippen molar-refractivity contribution in [3.63, 3.8) is 0 Å². The lowest BCUT2D eigenvalue weighted by Crippen LogP contribution is -2.52. The number of aliphatic carboxylic acids is 1. The number of anilines is 1. The third kappa shape index (κ3) is 5.21. The Bertz CT molecular complexity index is 1330. The summed E-state index contributed by atoms with van der Waals surface area (Å²) < 4.78 is 1.88. The second-order valence-corrected chi connectivity index (χ2v) is 11.5. The van der Waals surface area contributed by atoms with Crippen LogP contribution in [0.5, 0.6) is 0 Å². The molecule has 2 aliphatic rings. The van der Waals surface area contributed by atoms with Crippen LogP contribution < -0.4 is 4.90 Å². The molecule has 0 radical (unpaired) electrons. The molecular formula is C27H34Cl2N6O3. The van der Waals surface area contributed by atoms with E-state index in [1.54, 1.807) is 6.07 Å². The van der Waals surface area contributed by atoms with E-state index >= 15 is 0 Å². The standard InChI is InChI=1S/C27H34Cl2N6O3/c1-15-14-33(10-8-22(15)34-9-4-5-19(34)12-23(36)27(37)38)24-13-30-25-16(2)32-35(26(25)31-24)17(3)20-7-6-18(28)11-21(20)29/h6-7,11,13,15,17,19,22-23,36H,4-5,8-10,12,14H2,1-3H3,(H,37,38)/t15?,17?,19-,22?,23?/m0/s1. The molecule has 2 fully saturated rings. The summed E-state index contributed by atoms with van der Waals surface area (Å²) in [4.78, 5) is 25.7. The first kappa shape index (κ1) is 27.1. The number of nitrogens with zero attached hydrogens (tertiary/aromatic N) is 6. The van der Waals surface area contributed by atoms with Gasteiger partial charge in [-0.2, -0.15) is 5.10 Å². The van der Waals surface area contributed by atoms with Gasteiger partial charge in [-0.3, -0.25) is 4.90 Å². The molecule has 3 aromatic rings. The number of aliphatic hydroxyl groups excluding tert-OH is 1. The van der Waals surface area contributed by atoms with Crippen molar-refractivity contribution in [3.8, 4) is 0 Å². The molecule has 38 heavy (non-hydrogen) atoms. The predicted molar refractivity (Wildman–Crippen MR) is 148 cm³/mol. The first-order chi connectivity index (χ1) is 18.1. The number of rotatable bonds is 7. The summed E-state index contributed by atoms with van der Waals surface area (Å²) in [5.74, 6) is 0.0238. The van der Waals surface area contributed by atoms with Crippen molar-refractivity contribution >= 4 is 46.2 Å². The number of benzene rings is 1. The Morgan fingerprint density at radius 2 is 2.03 bits per heavy atom. The Morgan fingerprint density at radius 3 is 2.74 bits per heavy atom. The second-order valence-electron chi connectivity index (χ2n) is 10.7. The van der Waals surface area contributed by atoms with Crippen molar-refractivity contribution in [1.29, 1.82) is 0 Å². The van der Waals surface area contributed by atoms with Gasteiger partial charge in [-0.1, -0.05) is 36.2 Å². The molecule has 5 atom stereocenters. The van der Waals surface area contributed by atoms with Gasteiger partial charge in [0, 0.05) is 35.2 Å². The fourth-order valence-electron chi connectivity index (χ4n) is 6.18. The van der Waals surface area contributed by atoms with E-state index in [-0.39, 0.29) is 18.5 Å². The summed E-state index contributed by atoms with van der Waals surface area (Å²) in [6.07, 6.45) is 3.70. The molecule has 0 spiro atoms. The highest BCUT2D eigenvalue weighted by atomic mass is 35.5. The number of likely N-dealkylation sites (tertiary alicyclic amines) is 1. The molecule has 4 heterocycles. The highest BCUT2D eigenvalue weighted by Gasteiger charge is 2.38. The van der Waals surface area contributed by atoms with Crippen molar-refractivity contribution in [2.45, 2.75) is 70.7 Å². The van der Waals surface area contributed by atoms with Gasteiger partial charge in [0.2, 0.25) is 0 Å². The molecule has 2 N–H and O–H groups in total. The topological polar surface area (TPSA) is 108 Å². The number of hydrogen-bond acceptors (Lipinski definition) is 7. The molecule has 9 nitrogen and oxygen atoms in total. The maximum absolute atomic E-state index is 11.2. The first-order valence-electron chi connectivity index (χ1n) is 13.2. The van der Waals surface area contributed by atoms with Crippen molar-refractivity contribution in [1.82, 2.24) is 24.6 Å². The van der Waals surface area contributed by atoms with Gasteiger partial charge in [-0.25, -0.2) is 19.4 Å². The normalized spacial score (nSPS) is 24.2. The molecule has 0 bridgehead atoms. The number of aromatic nitrogens is 4. The van der Waals surface area contributed by atoms with Crippen LogP contribution >= 0.6 is 23.2 Å². The maximum Gasteiger partial charge on any atom is 0.332 e. The zero-order chi connectivity index (χ0) is 27.1. The van der Waals surface area contributed by atoms with Gasteiger partial charge in [0.15, 0.2) is 11.8 Å². The Kier molecular flexibility index (Phi) is 7.82. The van der Waals surface area contributed by atoms with Crippen LogP contribution in [0.3, 0.4) is 0 Å². The fraction of sp³-hybridized carbons (Fsp3) is 0.556. The number of piperidine rings is 1. The van der Waals surface area contributed by atoms with Crippen LogP contribution in [0.1, 0.15) is 56.8 Å². The van der Waals surface area contributed by atoms with Gasteiger partial charge in [-0.05, 0) is 69.7 Å². The van der Waals surface area contributed by atoms with Crippen LogP contribution in [0.15, 0.2) is 24.4 Å². The predicted octanol–water partition coefficient (Wildman–Crippen LogP) is 4.57. The van der Waals surface area contributed by atoms with Gasteiger partial charge < -0.3 is 15.1 Å². The lowest BCUT2D eigenvalue weighted by Gasteiger charge is -2.44. The zero-order valence-electron chi connectivity index (χ0n) is 21.9. The highest BCUT2D eigenvalue weighted by Crippen LogP contribution is 2.34. The summed E-state index contributed by atoms with van der Waals surface area (Å²) in [7, 11) is 0. The third-order valence-corrected chi connectivity index (χ3v) is 8.71. The fourth-order valence-corrected chi connectivity index (χ4v) is 6.74. The van der Waals surface area contributed by atoms with Gasteiger partial charge in [0.05, 0.1) is 17.9 Å². The molecule has 11 heteroatoms. The van der Waals surface area contributed by atoms with Crippen LogP contribution in [-0.2, 0) is 4.79 Å². The van der Waals surface area contributed by atoms with Crippen molar-refractivity contribution in [2.24, 2.45) is 5.92 Å². The molecule has 204 valence electrons. The van der Waals surface area contributed by atoms with Crippen LogP contribution in [-0.4, -0.2) is 78.7 Å². The summed E-state index contributed by atoms with van der Waals surface area (Å²) in [6.45, 7) is 8.81. The molecule has 0 saturated carbocycles. The monoisotopic (exact) mass is 560 g/mol. The van der Waals surface area contributed by atoms with E-state index in [9.17, 15) is 9.90 Å². The number of aryl methyl sites for hydroxylation is 1. The van der Waals surface area contributed by atoms with Gasteiger partial charge >= 0.3 is 5.97 Å². The maximum atomic E-state index is 11.2. The summed E-state index contributed by atoms with van der Waals surface area (Å²) in [6, 6.07) is 5.78. The summed E-state index contributed by atoms with van der Waals surface area (Å²) in [5, 5.41) is 25.0. The zero-order valence-corrected chi connectivity index (χ0v) is 23.4. The minimum absolute atomic E-state index is 0.106. The van der Waals surface area contributed by atoms with Crippen molar-refractivity contribution < 1.29 is 15.0 Å². The number of aliphatic hydroxyl groups is 1. The molecule has 4 unspecified atom stereocenters. The van der Waals surface area contributed by atoms with Crippen molar-refractivity contribution in [2.75, 3.05) is 24.5 Å². The van der Waals surface area contributed by atoms with Gasteiger partial charge in [0.1, 0.15) is 11.3 Å². The number of hydrogen-bond donors (Lipinski definition) is 2. The SMILES string of the molecule is Cc1nn(C(C)c2ccc(Cl)cc2Cl)c2nc(N3CCC(N4CCC[C@H]4CC(O)C(=O)O)C(C)C3)cnc12. The highest BCUT2D eigenvalue weighted by molar-refractivity contribution is 6.35. The average molecular weight is 562 g/mol. The molecule has 0 aliphatic carbocycles. The third-order valence-electron chi connectivity index (χ3n) is 8.15. The second kappa shape index (κ2) is 11.0. The molecule has 1 aromatic carbocycles. The average Bonchev–Trinajstić information content (AvgIpc) is 3.47. The van der Waals surface area contributed by atoms with Crippen LogP contribution in [0.2, 0.25) is 10.0 Å². The lowest BCUT2D eigenvalue weighted by molar-refractivity contribution is -0.147. The molecule has 0 amide bonds. The van der Waals surface area contributed by atoms with Crippen LogP contribution in [0.4, 0.5) is 5.82 Å². The first-order valence-corrected chi connectivity index (χ1v) is 14.0. The summed E-state index contributed by atoms with van der Waals surface area (Å²) >= 11 is 12.6. The molecule has 2 saturated heterocycles. The minimum atomic E-state index is -1.31. The van der Waals surface area contributed by atoms with E-state index in [0.717, 1.165) is 67.1 Å². The van der Waals surface area contributed by atoms with Crippen LogP contribution in [0, 0.1) is 12.8 Å². The van der Waals surface area contributed by atoms with Crippen LogP contribution in [0.25, 0.3) is 11.2 Å². The quantitative estimate of drug-likeness (QED) is 0.432. The minimum Gasteiger partial charge on any atom is -0.479 e. The summed E-state index contributed by atoms with van der Waals surface area (Å²) in [5.41, 5.74) is 3.21. The van der Waals surface area contributed by atoms with Gasteiger partial charge in [-0.15, -0.1) is 0 Å². The Hall–Kier alpha value is -2.46. The Morgan fingerprint density at radius 1 is 1.24 bits per heavy atom. The van der Waals surface area contributed by atoms with E-state index in [4.69, 9.17) is 43.4 Å². The molecule has 2 aliphatic heterocycles. The smallest absolute Gasteiger partial charge is 0.332 e. The van der Waals surface area contributed by atoms with E-state index < -0.39 is 12.1 Å². The van der Waals surface area contributed by atoms with E-state index in [1.807, 2.05) is 36.9 Å². The number of carboxylic acid groups (broad SMARTS) is 1. The molecular weight excluding hydrogens is 527 g/mol. The van der Waals surface area contributed by atoms with Gasteiger partial charge in [0.25, 0.3) is 0 Å². The largest absolute Gasteiger partial charge is 0.479 e. The van der Waals surface area contributed by atoms with E-state index in [1.165, 1.54) is 0 Å². The number of carboxylic acids is 1. The number of carbonyl (C=O) groups is 1. The molecule has 5 rings (SSSR count). The Balaban J connectivity index is 1.35. The molecule has 2 aromatic heterocycles. The van der Waals surface area contributed by atoms with E-state index in [2.05, 4.69) is 16.7 Å². The number of fused-ring (bicyclic) bond motifs is 1. The lowest BCUT2D eigenvalue weighted by atomic mass is 9.91. The Labute approximate surface area is 232 Å². The number of halogens is 2.